The zero-order chi connectivity index (χ0) is 43.3. The molecule has 58 heavy (non-hydrogen) atoms. The normalized spacial score (nSPS) is 26.5. The van der Waals surface area contributed by atoms with Gasteiger partial charge in [-0.2, -0.15) is 5.10 Å². The van der Waals surface area contributed by atoms with Crippen LogP contribution < -0.4 is 10.7 Å². The standard InChI is InChI=1S/C34H42N4O19S/c1-15(39)48-13-24-27(57-33-31(54-21(7)45)29(52-19(5)43)26(50-17(3)41)25(56-33)14-49-16(2)40)28(51-18(4)42)30(53-20(6)44)32(55-24)36-34(58)37-35-12-22-10-8-9-11-23(22)38(46)47/h8-12,24-33H,13-14H2,1-7H3,(H2,36,37,58)/b35-12+/t24-,25-,26+,27-,28+,29+,30-,31-,32-,33+/m1/s1. The first-order valence-corrected chi connectivity index (χ1v) is 17.6. The number of nitrogens with zero attached hydrogens (tertiary/aromatic N) is 2. The molecular weight excluding hydrogens is 800 g/mol. The highest BCUT2D eigenvalue weighted by Crippen LogP contribution is 2.35. The number of ether oxygens (including phenoxy) is 10. The highest BCUT2D eigenvalue weighted by Gasteiger charge is 2.57. The van der Waals surface area contributed by atoms with Crippen molar-refractivity contribution in [3.05, 3.63) is 39.9 Å². The van der Waals surface area contributed by atoms with Gasteiger partial charge in [-0.15, -0.1) is 0 Å². The second-order valence-corrected chi connectivity index (χ2v) is 12.8. The zero-order valence-corrected chi connectivity index (χ0v) is 33.0. The van der Waals surface area contributed by atoms with E-state index < -0.39 is 121 Å². The lowest BCUT2D eigenvalue weighted by Crippen LogP contribution is -2.69. The van der Waals surface area contributed by atoms with Crippen LogP contribution in [0.2, 0.25) is 0 Å². The molecule has 2 aliphatic heterocycles. The van der Waals surface area contributed by atoms with Crippen molar-refractivity contribution in [2.75, 3.05) is 13.2 Å². The number of para-hydroxylation sites is 1. The van der Waals surface area contributed by atoms with Crippen molar-refractivity contribution in [3.63, 3.8) is 0 Å². The minimum absolute atomic E-state index is 0.119. The lowest BCUT2D eigenvalue weighted by molar-refractivity contribution is -0.385. The first-order chi connectivity index (χ1) is 27.3. The number of nitrogens with one attached hydrogen (secondary N) is 2. The summed E-state index contributed by atoms with van der Waals surface area (Å²) in [6.07, 6.45) is -15.2. The monoisotopic (exact) mass is 842 g/mol. The molecule has 2 saturated heterocycles. The lowest BCUT2D eigenvalue weighted by Gasteiger charge is -2.49. The second-order valence-electron chi connectivity index (χ2n) is 12.4. The van der Waals surface area contributed by atoms with Gasteiger partial charge in [0.25, 0.3) is 5.69 Å². The summed E-state index contributed by atoms with van der Waals surface area (Å²) in [5.74, 6) is -6.23. The largest absolute Gasteiger partial charge is 0.463 e. The minimum Gasteiger partial charge on any atom is -0.463 e. The number of carbonyl (C=O) groups is 7. The van der Waals surface area contributed by atoms with E-state index in [1.807, 2.05) is 0 Å². The molecule has 0 saturated carbocycles. The van der Waals surface area contributed by atoms with Crippen molar-refractivity contribution in [3.8, 4) is 0 Å². The molecule has 0 aromatic heterocycles. The maximum absolute atomic E-state index is 12.6. The molecule has 0 aliphatic carbocycles. The van der Waals surface area contributed by atoms with Gasteiger partial charge in [0.05, 0.1) is 16.7 Å². The van der Waals surface area contributed by atoms with E-state index in [1.54, 1.807) is 6.07 Å². The molecule has 2 N–H and O–H groups in total. The topological polar surface area (TPSA) is 291 Å². The van der Waals surface area contributed by atoms with Gasteiger partial charge in [-0.05, 0) is 18.3 Å². The average Bonchev–Trinajstić information content (AvgIpc) is 3.10. The SMILES string of the molecule is CC(=O)OC[C@H]1O[C@@H](O[C@H]2[C@H](OC(C)=O)[C@@H](OC(C)=O)[C@H](NC(=S)N/N=C/c3ccccc3[N+](=O)[O-])O[C@@H]2COC(C)=O)[C@H](OC(C)=O)[C@@H](OC(C)=O)[C@H]1OC(C)=O. The number of hydrogen-bond donors (Lipinski definition) is 2. The molecule has 318 valence electrons. The predicted molar refractivity (Wildman–Crippen MR) is 193 cm³/mol. The Balaban J connectivity index is 2.10. The Hall–Kier alpha value is -5.85. The summed E-state index contributed by atoms with van der Waals surface area (Å²) >= 11 is 5.34. The number of hydrazone groups is 1. The van der Waals surface area contributed by atoms with Crippen LogP contribution in [0.25, 0.3) is 0 Å². The maximum atomic E-state index is 12.6. The molecule has 23 nitrogen and oxygen atoms in total. The van der Waals surface area contributed by atoms with Crippen molar-refractivity contribution in [1.82, 2.24) is 10.7 Å². The van der Waals surface area contributed by atoms with Gasteiger partial charge in [0.1, 0.15) is 31.5 Å². The van der Waals surface area contributed by atoms with Gasteiger partial charge in [0.15, 0.2) is 48.2 Å². The quantitative estimate of drug-likeness (QED) is 0.0587. The molecule has 24 heteroatoms. The Kier molecular flexibility index (Phi) is 17.3. The fourth-order valence-electron chi connectivity index (χ4n) is 5.71. The molecular formula is C34H42N4O19S. The molecule has 10 atom stereocenters. The molecule has 0 spiro atoms. The van der Waals surface area contributed by atoms with Crippen LogP contribution in [0.1, 0.15) is 54.0 Å². The van der Waals surface area contributed by atoms with Crippen LogP contribution in [0.4, 0.5) is 5.69 Å². The third-order valence-corrected chi connectivity index (χ3v) is 7.91. The zero-order valence-electron chi connectivity index (χ0n) is 32.1. The minimum atomic E-state index is -1.87. The van der Waals surface area contributed by atoms with Crippen molar-refractivity contribution in [2.24, 2.45) is 5.10 Å². The molecule has 0 unspecified atom stereocenters. The summed E-state index contributed by atoms with van der Waals surface area (Å²) in [7, 11) is 0. The smallest absolute Gasteiger partial charge is 0.303 e. The van der Waals surface area contributed by atoms with Crippen molar-refractivity contribution in [1.29, 1.82) is 0 Å². The van der Waals surface area contributed by atoms with Gasteiger partial charge in [-0.3, -0.25) is 49.1 Å². The van der Waals surface area contributed by atoms with Gasteiger partial charge >= 0.3 is 41.8 Å². The summed E-state index contributed by atoms with van der Waals surface area (Å²) < 4.78 is 56.3. The second kappa shape index (κ2) is 21.6. The fourth-order valence-corrected chi connectivity index (χ4v) is 5.88. The summed E-state index contributed by atoms with van der Waals surface area (Å²) in [6, 6.07) is 5.69. The highest BCUT2D eigenvalue weighted by atomic mass is 32.1. The van der Waals surface area contributed by atoms with E-state index in [2.05, 4.69) is 15.8 Å². The predicted octanol–water partition coefficient (Wildman–Crippen LogP) is 0.0125. The summed E-state index contributed by atoms with van der Waals surface area (Å²) in [5.41, 5.74) is 2.31. The first kappa shape index (κ1) is 46.5. The average molecular weight is 843 g/mol. The molecule has 0 amide bonds. The third-order valence-electron chi connectivity index (χ3n) is 7.70. The molecule has 1 aromatic carbocycles. The van der Waals surface area contributed by atoms with E-state index in [0.717, 1.165) is 54.7 Å². The van der Waals surface area contributed by atoms with Gasteiger partial charge in [-0.25, -0.2) is 0 Å². The van der Waals surface area contributed by atoms with Gasteiger partial charge in [-0.1, -0.05) is 12.1 Å². The number of thiocarbonyl (C=S) groups is 1. The van der Waals surface area contributed by atoms with E-state index in [1.165, 1.54) is 18.2 Å². The van der Waals surface area contributed by atoms with Gasteiger partial charge in [0, 0.05) is 54.5 Å². The number of benzene rings is 1. The third kappa shape index (κ3) is 14.0. The van der Waals surface area contributed by atoms with E-state index >= 15 is 0 Å². The number of carbonyl (C=O) groups excluding carboxylic acids is 7. The van der Waals surface area contributed by atoms with Crippen molar-refractivity contribution >= 4 is 71.0 Å². The van der Waals surface area contributed by atoms with E-state index in [0.29, 0.717) is 0 Å². The number of hydrogen-bond acceptors (Lipinski definition) is 21. The summed E-state index contributed by atoms with van der Waals surface area (Å²) in [6.45, 7) is 5.98. The Bertz CT molecular complexity index is 1760. The maximum Gasteiger partial charge on any atom is 0.303 e. The highest BCUT2D eigenvalue weighted by molar-refractivity contribution is 7.80. The van der Waals surface area contributed by atoms with Crippen LogP contribution in [0.5, 0.6) is 0 Å². The molecule has 2 fully saturated rings. The van der Waals surface area contributed by atoms with Crippen LogP contribution in [0, 0.1) is 10.1 Å². The van der Waals surface area contributed by atoms with Crippen LogP contribution in [-0.2, 0) is 80.9 Å². The van der Waals surface area contributed by atoms with Crippen LogP contribution >= 0.6 is 12.2 Å². The molecule has 2 heterocycles. The fraction of sp³-hybridized carbons (Fsp3) is 0.559. The Labute approximate surface area is 335 Å². The number of esters is 7. The van der Waals surface area contributed by atoms with E-state index in [-0.39, 0.29) is 16.4 Å². The van der Waals surface area contributed by atoms with Crippen LogP contribution in [0.3, 0.4) is 0 Å². The summed E-state index contributed by atoms with van der Waals surface area (Å²) in [4.78, 5) is 96.8. The Morgan fingerprint density at radius 2 is 1.16 bits per heavy atom. The number of rotatable bonds is 15. The molecule has 2 aliphatic rings. The molecule has 1 aromatic rings. The van der Waals surface area contributed by atoms with Crippen molar-refractivity contribution < 1.29 is 85.9 Å². The first-order valence-electron chi connectivity index (χ1n) is 17.2. The number of nitro groups is 1. The number of nitro benzene ring substituents is 1. The van der Waals surface area contributed by atoms with Crippen LogP contribution in [-0.4, -0.2) is 133 Å². The van der Waals surface area contributed by atoms with Gasteiger partial charge in [0.2, 0.25) is 0 Å². The Morgan fingerprint density at radius 3 is 1.67 bits per heavy atom. The molecule has 0 bridgehead atoms. The van der Waals surface area contributed by atoms with E-state index in [4.69, 9.17) is 59.6 Å². The molecule has 0 radical (unpaired) electrons. The van der Waals surface area contributed by atoms with E-state index in [9.17, 15) is 43.7 Å². The van der Waals surface area contributed by atoms with Crippen LogP contribution in [0.15, 0.2) is 29.4 Å². The lowest BCUT2D eigenvalue weighted by atomic mass is 9.95. The summed E-state index contributed by atoms with van der Waals surface area (Å²) in [5, 5.41) is 17.7. The van der Waals surface area contributed by atoms with Crippen molar-refractivity contribution in [2.45, 2.75) is 110 Å². The van der Waals surface area contributed by atoms with Gasteiger partial charge < -0.3 is 52.7 Å². The molecule has 3 rings (SSSR count). The Morgan fingerprint density at radius 1 is 0.690 bits per heavy atom.